The molecule has 6 heteroatoms. The summed E-state index contributed by atoms with van der Waals surface area (Å²) in [4.78, 5) is 11.2. The van der Waals surface area contributed by atoms with E-state index in [1.54, 1.807) is 6.92 Å². The monoisotopic (exact) mass is 252 g/mol. The van der Waals surface area contributed by atoms with Crippen LogP contribution in [0.2, 0.25) is 0 Å². The zero-order valence-corrected chi connectivity index (χ0v) is 9.96. The standard InChI is InChI=1S/C12H16N2O4/c1-2-18-12(17)10(16)9(15)7-3-5-8(6-4-7)11(13)14/h3-6,9-10,15-16H,2H2,1H3,(H3,13,14). The van der Waals surface area contributed by atoms with Gasteiger partial charge in [-0.05, 0) is 12.5 Å². The van der Waals surface area contributed by atoms with Crippen LogP contribution in [0.5, 0.6) is 0 Å². The van der Waals surface area contributed by atoms with Crippen molar-refractivity contribution in [3.8, 4) is 0 Å². The fraction of sp³-hybridized carbons (Fsp3) is 0.333. The number of nitrogen functional groups attached to an aromatic ring is 1. The van der Waals surface area contributed by atoms with E-state index in [0.29, 0.717) is 11.1 Å². The molecule has 18 heavy (non-hydrogen) atoms. The van der Waals surface area contributed by atoms with Crippen LogP contribution in [0.25, 0.3) is 0 Å². The van der Waals surface area contributed by atoms with E-state index in [0.717, 1.165) is 0 Å². The van der Waals surface area contributed by atoms with E-state index >= 15 is 0 Å². The smallest absolute Gasteiger partial charge is 0.338 e. The molecule has 0 aliphatic heterocycles. The zero-order chi connectivity index (χ0) is 13.7. The van der Waals surface area contributed by atoms with Gasteiger partial charge in [0.15, 0.2) is 6.10 Å². The van der Waals surface area contributed by atoms with Crippen LogP contribution in [0.1, 0.15) is 24.2 Å². The molecule has 0 bridgehead atoms. The van der Waals surface area contributed by atoms with Gasteiger partial charge in [-0.1, -0.05) is 24.3 Å². The number of nitrogens with two attached hydrogens (primary N) is 1. The van der Waals surface area contributed by atoms with Crippen molar-refractivity contribution in [3.05, 3.63) is 35.4 Å². The Bertz CT molecular complexity index is 430. The minimum absolute atomic E-state index is 0.0954. The van der Waals surface area contributed by atoms with Gasteiger partial charge in [-0.2, -0.15) is 0 Å². The summed E-state index contributed by atoms with van der Waals surface area (Å²) in [5, 5.41) is 26.6. The molecule has 1 aromatic rings. The normalized spacial score (nSPS) is 13.7. The molecule has 0 spiro atoms. The van der Waals surface area contributed by atoms with Crippen LogP contribution in [0.15, 0.2) is 24.3 Å². The molecule has 0 saturated heterocycles. The molecule has 98 valence electrons. The van der Waals surface area contributed by atoms with Gasteiger partial charge in [0.1, 0.15) is 11.9 Å². The summed E-state index contributed by atoms with van der Waals surface area (Å²) in [6.45, 7) is 1.74. The van der Waals surface area contributed by atoms with Crippen LogP contribution < -0.4 is 5.73 Å². The van der Waals surface area contributed by atoms with Crippen molar-refractivity contribution in [1.82, 2.24) is 0 Å². The van der Waals surface area contributed by atoms with E-state index < -0.39 is 18.2 Å². The van der Waals surface area contributed by atoms with Gasteiger partial charge in [-0.15, -0.1) is 0 Å². The number of esters is 1. The number of aliphatic hydroxyl groups is 2. The fourth-order valence-electron chi connectivity index (χ4n) is 1.40. The highest BCUT2D eigenvalue weighted by molar-refractivity contribution is 5.94. The third-order valence-corrected chi connectivity index (χ3v) is 2.39. The lowest BCUT2D eigenvalue weighted by molar-refractivity contribution is -0.159. The van der Waals surface area contributed by atoms with Crippen molar-refractivity contribution in [1.29, 1.82) is 5.41 Å². The van der Waals surface area contributed by atoms with E-state index in [-0.39, 0.29) is 12.4 Å². The molecule has 0 fully saturated rings. The lowest BCUT2D eigenvalue weighted by Crippen LogP contribution is -2.29. The van der Waals surface area contributed by atoms with Crippen LogP contribution in [0, 0.1) is 5.41 Å². The maximum atomic E-state index is 11.2. The molecule has 0 aromatic heterocycles. The van der Waals surface area contributed by atoms with Gasteiger partial charge in [0, 0.05) is 5.56 Å². The first-order valence-corrected chi connectivity index (χ1v) is 5.44. The summed E-state index contributed by atoms with van der Waals surface area (Å²) in [6, 6.07) is 6.03. The average molecular weight is 252 g/mol. The molecule has 6 nitrogen and oxygen atoms in total. The van der Waals surface area contributed by atoms with Gasteiger partial charge in [0.25, 0.3) is 0 Å². The van der Waals surface area contributed by atoms with Gasteiger partial charge >= 0.3 is 5.97 Å². The molecule has 0 aliphatic rings. The molecule has 1 aromatic carbocycles. The fourth-order valence-corrected chi connectivity index (χ4v) is 1.40. The van der Waals surface area contributed by atoms with Crippen LogP contribution >= 0.6 is 0 Å². The molecule has 1 rings (SSSR count). The highest BCUT2D eigenvalue weighted by Gasteiger charge is 2.26. The second-order valence-electron chi connectivity index (χ2n) is 3.68. The Morgan fingerprint density at radius 1 is 1.39 bits per heavy atom. The molecule has 0 saturated carbocycles. The second kappa shape index (κ2) is 6.13. The summed E-state index contributed by atoms with van der Waals surface area (Å²) in [5.41, 5.74) is 6.13. The third-order valence-electron chi connectivity index (χ3n) is 2.39. The first-order valence-electron chi connectivity index (χ1n) is 5.44. The van der Waals surface area contributed by atoms with Gasteiger partial charge in [-0.25, -0.2) is 4.79 Å². The van der Waals surface area contributed by atoms with Crippen molar-refractivity contribution < 1.29 is 19.7 Å². The number of hydrogen-bond donors (Lipinski definition) is 4. The number of carbonyl (C=O) groups is 1. The number of rotatable bonds is 5. The minimum atomic E-state index is -1.63. The van der Waals surface area contributed by atoms with E-state index in [1.165, 1.54) is 24.3 Å². The SMILES string of the molecule is CCOC(=O)C(O)C(O)c1ccc(C(=N)N)cc1. The number of hydrogen-bond acceptors (Lipinski definition) is 5. The van der Waals surface area contributed by atoms with E-state index in [9.17, 15) is 15.0 Å². The Morgan fingerprint density at radius 3 is 2.39 bits per heavy atom. The predicted octanol–water partition coefficient (Wildman–Crippen LogP) is -0.0719. The van der Waals surface area contributed by atoms with E-state index in [2.05, 4.69) is 4.74 Å². The van der Waals surface area contributed by atoms with Crippen molar-refractivity contribution >= 4 is 11.8 Å². The number of carbonyl (C=O) groups excluding carboxylic acids is 1. The average Bonchev–Trinajstić information content (AvgIpc) is 2.37. The molecule has 2 atom stereocenters. The molecule has 5 N–H and O–H groups in total. The highest BCUT2D eigenvalue weighted by Crippen LogP contribution is 2.18. The largest absolute Gasteiger partial charge is 0.464 e. The van der Waals surface area contributed by atoms with Gasteiger partial charge < -0.3 is 20.7 Å². The summed E-state index contributed by atoms with van der Waals surface area (Å²) < 4.78 is 4.61. The Labute approximate surface area is 105 Å². The van der Waals surface area contributed by atoms with Crippen molar-refractivity contribution in [2.75, 3.05) is 6.61 Å². The van der Waals surface area contributed by atoms with Crippen LogP contribution in [0.3, 0.4) is 0 Å². The molecule has 0 radical (unpaired) electrons. The Balaban J connectivity index is 2.80. The number of benzene rings is 1. The van der Waals surface area contributed by atoms with Crippen molar-refractivity contribution in [2.45, 2.75) is 19.1 Å². The van der Waals surface area contributed by atoms with E-state index in [1.807, 2.05) is 0 Å². The maximum absolute atomic E-state index is 11.2. The van der Waals surface area contributed by atoms with Gasteiger partial charge in [-0.3, -0.25) is 5.41 Å². The third kappa shape index (κ3) is 3.28. The molecule has 2 unspecified atom stereocenters. The summed E-state index contributed by atoms with van der Waals surface area (Å²) in [6.07, 6.45) is -3.00. The molecular weight excluding hydrogens is 236 g/mol. The molecular formula is C12H16N2O4. The molecule has 0 aliphatic carbocycles. The molecule has 0 amide bonds. The summed E-state index contributed by atoms with van der Waals surface area (Å²) >= 11 is 0. The van der Waals surface area contributed by atoms with Gasteiger partial charge in [0.05, 0.1) is 6.61 Å². The Kier molecular flexibility index (Phi) is 4.82. The predicted molar refractivity (Wildman–Crippen MR) is 65.1 cm³/mol. The maximum Gasteiger partial charge on any atom is 0.338 e. The minimum Gasteiger partial charge on any atom is -0.464 e. The van der Waals surface area contributed by atoms with Gasteiger partial charge in [0.2, 0.25) is 0 Å². The number of amidine groups is 1. The van der Waals surface area contributed by atoms with Crippen LogP contribution in [-0.2, 0) is 9.53 Å². The quantitative estimate of drug-likeness (QED) is 0.332. The number of ether oxygens (including phenoxy) is 1. The second-order valence-corrected chi connectivity index (χ2v) is 3.68. The van der Waals surface area contributed by atoms with Crippen molar-refractivity contribution in [3.63, 3.8) is 0 Å². The van der Waals surface area contributed by atoms with Crippen molar-refractivity contribution in [2.24, 2.45) is 5.73 Å². The zero-order valence-electron chi connectivity index (χ0n) is 9.96. The first kappa shape index (κ1) is 14.1. The first-order chi connectivity index (χ1) is 8.47. The summed E-state index contributed by atoms with van der Waals surface area (Å²) in [7, 11) is 0. The van der Waals surface area contributed by atoms with Crippen LogP contribution in [0.4, 0.5) is 0 Å². The Morgan fingerprint density at radius 2 is 1.94 bits per heavy atom. The Hall–Kier alpha value is -1.92. The van der Waals surface area contributed by atoms with Crippen LogP contribution in [-0.4, -0.2) is 34.7 Å². The number of nitrogens with one attached hydrogen (secondary N) is 1. The van der Waals surface area contributed by atoms with E-state index in [4.69, 9.17) is 11.1 Å². The lowest BCUT2D eigenvalue weighted by Gasteiger charge is -2.16. The molecule has 0 heterocycles. The topological polar surface area (TPSA) is 117 Å². The number of aliphatic hydroxyl groups excluding tert-OH is 2. The highest BCUT2D eigenvalue weighted by atomic mass is 16.5. The summed E-state index contributed by atoms with van der Waals surface area (Å²) in [5.74, 6) is -0.970. The lowest BCUT2D eigenvalue weighted by atomic mass is 10.0.